The van der Waals surface area contributed by atoms with Crippen molar-refractivity contribution < 1.29 is 77.0 Å². The van der Waals surface area contributed by atoms with Crippen molar-refractivity contribution in [3.05, 3.63) is 144 Å². The highest BCUT2D eigenvalue weighted by Gasteiger charge is 2.44. The summed E-state index contributed by atoms with van der Waals surface area (Å²) in [7, 11) is 0. The summed E-state index contributed by atoms with van der Waals surface area (Å²) in [6.07, 6.45) is 1.36. The molecular weight excluding hydrogens is 1620 g/mol. The number of guanidine groups is 1. The van der Waals surface area contributed by atoms with Crippen LogP contribution in [0.2, 0.25) is 0 Å². The van der Waals surface area contributed by atoms with Gasteiger partial charge in [-0.05, 0) is 123 Å². The first-order valence-corrected chi connectivity index (χ1v) is 43.0. The second-order valence-corrected chi connectivity index (χ2v) is 33.3. The van der Waals surface area contributed by atoms with Gasteiger partial charge in [-0.15, -0.1) is 0 Å². The molecule has 0 radical (unpaired) electrons. The Kier molecular flexibility index (Phi) is 42.0. The molecule has 1 aromatic heterocycles. The highest BCUT2D eigenvalue weighted by Crippen LogP contribution is 2.24. The van der Waals surface area contributed by atoms with E-state index in [1.807, 2.05) is 32.0 Å². The molecule has 126 heavy (non-hydrogen) atoms. The zero-order valence-electron chi connectivity index (χ0n) is 73.1. The first-order chi connectivity index (χ1) is 59.9. The third-order valence-corrected chi connectivity index (χ3v) is 21.6. The van der Waals surface area contributed by atoms with Gasteiger partial charge in [0, 0.05) is 61.9 Å². The number of para-hydroxylation sites is 1. The number of hydrogen-bond donors (Lipinski definition) is 22. The van der Waals surface area contributed by atoms with E-state index in [4.69, 9.17) is 39.8 Å². The van der Waals surface area contributed by atoms with E-state index < -0.39 is 211 Å². The summed E-state index contributed by atoms with van der Waals surface area (Å²) in [5, 5.41) is 53.9. The number of amides is 15. The minimum Gasteiger partial charge on any atom is -0.394 e. The fraction of sp³-hybridized carbons (Fsp3) is 0.523. The van der Waals surface area contributed by atoms with Gasteiger partial charge < -0.3 is 119 Å². The number of carbonyl (C=O) groups excluding carboxylic acids is 15. The van der Waals surface area contributed by atoms with Gasteiger partial charge in [0.15, 0.2) is 5.96 Å². The lowest BCUT2D eigenvalue weighted by Crippen LogP contribution is -2.61. The van der Waals surface area contributed by atoms with Crippen LogP contribution in [0.15, 0.2) is 121 Å². The molecule has 1 saturated heterocycles. The number of primary amides is 2. The Bertz CT molecular complexity index is 4480. The standard InChI is InChI=1S/C88H130N22O16/c1-9-52(8)74(86(125)102-64(75(93)114)38-49(2)3)109-80(119)61(33-23-37-96-88(94)95)99-72(113)46-98-77(116)65(39-50(4)5)103-81(120)66(41-54-26-15-11-16-27-54)104-78(117)62(32-21-22-36-89)100-84(123)69(48-111)107-82(121)67(42-55-28-17-12-18-29-55)105-83(122)68(43-56-45-97-60-31-20-19-30-58(56)60)106-79(118)63(34-35-71(92)112)101-85(124)70-44-57(90)47-110(70)87(126)73(51(6)7)108-76(115)59(91)40-53-24-13-10-14-25-53/h10-20,24-31,45,49-52,57,59,61-70,73-74,97,111H,9,21-23,32-44,46-48,89-91H2,1-8H3,(H2,92,112)(H2,93,114)(H,98,116)(H,99,113)(H,100,123)(H,101,124)(H,102,125)(H,103,120)(H,104,117)(H,105,122)(H,106,118)(H,107,121)(H,108,115)(H,109,119)(H4,94,95,96)/t52-,57-,59-,61-,62-,63-,64-,65-,66-,67-,68-,69-,70-,73-,74-/m0/s1. The number of nitrogens with two attached hydrogens (primary N) is 6. The summed E-state index contributed by atoms with van der Waals surface area (Å²) >= 11 is 0. The fourth-order valence-corrected chi connectivity index (χ4v) is 14.5. The van der Waals surface area contributed by atoms with Crippen LogP contribution >= 0.6 is 0 Å². The molecule has 38 heteroatoms. The van der Waals surface area contributed by atoms with Crippen molar-refractivity contribution in [2.75, 3.05) is 32.8 Å². The van der Waals surface area contributed by atoms with E-state index in [0.717, 1.165) is 5.56 Å². The number of aromatic nitrogens is 1. The van der Waals surface area contributed by atoms with Gasteiger partial charge in [0.25, 0.3) is 0 Å². The number of aliphatic hydroxyl groups excluding tert-OH is 1. The Labute approximate surface area is 734 Å². The van der Waals surface area contributed by atoms with Crippen molar-refractivity contribution in [2.24, 2.45) is 58.1 Å². The molecule has 0 unspecified atom stereocenters. The summed E-state index contributed by atoms with van der Waals surface area (Å²) in [5.74, 6) is -14.4. The van der Waals surface area contributed by atoms with Crippen LogP contribution in [0.25, 0.3) is 10.9 Å². The highest BCUT2D eigenvalue weighted by atomic mass is 16.3. The van der Waals surface area contributed by atoms with E-state index in [2.05, 4.69) is 74.1 Å². The monoisotopic (exact) mass is 1750 g/mol. The minimum absolute atomic E-state index is 0.00130. The van der Waals surface area contributed by atoms with Gasteiger partial charge in [-0.3, -0.25) is 77.3 Å². The number of nitrogens with one attached hydrogen (secondary N) is 15. The first kappa shape index (κ1) is 102. The van der Waals surface area contributed by atoms with Crippen molar-refractivity contribution in [3.8, 4) is 0 Å². The molecule has 0 aliphatic carbocycles. The number of nitrogens with zero attached hydrogens (tertiary/aromatic N) is 1. The number of hydrogen-bond acceptors (Lipinski definition) is 20. The van der Waals surface area contributed by atoms with Crippen LogP contribution in [-0.4, -0.2) is 227 Å². The number of unbranched alkanes of at least 4 members (excludes halogenated alkanes) is 1. The number of aromatic amines is 1. The summed E-state index contributed by atoms with van der Waals surface area (Å²) in [5.41, 5.74) is 38.4. The van der Waals surface area contributed by atoms with Gasteiger partial charge in [-0.2, -0.15) is 0 Å². The molecule has 5 aromatic rings. The van der Waals surface area contributed by atoms with Crippen LogP contribution in [0, 0.1) is 29.1 Å². The maximum absolute atomic E-state index is 15.3. The average molecular weight is 1750 g/mol. The number of rotatable bonds is 53. The number of fused-ring (bicyclic) bond motifs is 1. The van der Waals surface area contributed by atoms with Crippen molar-refractivity contribution in [1.29, 1.82) is 5.41 Å². The van der Waals surface area contributed by atoms with E-state index in [0.29, 0.717) is 40.4 Å². The average Bonchev–Trinajstić information content (AvgIpc) is 1.65. The van der Waals surface area contributed by atoms with E-state index in [-0.39, 0.29) is 108 Å². The van der Waals surface area contributed by atoms with Crippen molar-refractivity contribution >= 4 is 105 Å². The molecule has 38 nitrogen and oxygen atoms in total. The predicted molar refractivity (Wildman–Crippen MR) is 473 cm³/mol. The first-order valence-electron chi connectivity index (χ1n) is 43.0. The van der Waals surface area contributed by atoms with Crippen LogP contribution in [0.3, 0.4) is 0 Å². The second kappa shape index (κ2) is 51.7. The molecular formula is C88H130N22O16. The Morgan fingerprint density at radius 1 is 0.492 bits per heavy atom. The molecule has 4 aromatic carbocycles. The molecule has 15 atom stereocenters. The van der Waals surface area contributed by atoms with E-state index >= 15 is 4.79 Å². The number of carbonyl (C=O) groups is 15. The van der Waals surface area contributed by atoms with Crippen LogP contribution in [-0.2, 0) is 97.6 Å². The van der Waals surface area contributed by atoms with Gasteiger partial charge >= 0.3 is 0 Å². The quantitative estimate of drug-likeness (QED) is 0.0115. The summed E-state index contributed by atoms with van der Waals surface area (Å²) in [4.78, 5) is 218. The van der Waals surface area contributed by atoms with E-state index in [9.17, 15) is 72.2 Å². The summed E-state index contributed by atoms with van der Waals surface area (Å²) in [6.45, 7) is 12.5. The Morgan fingerprint density at radius 3 is 1.48 bits per heavy atom. The molecule has 0 bridgehead atoms. The maximum Gasteiger partial charge on any atom is 0.246 e. The Balaban J connectivity index is 1.22. The molecule has 1 fully saturated rings. The molecule has 6 rings (SSSR count). The minimum atomic E-state index is -1.84. The largest absolute Gasteiger partial charge is 0.394 e. The van der Waals surface area contributed by atoms with Gasteiger partial charge in [-0.25, -0.2) is 0 Å². The van der Waals surface area contributed by atoms with Gasteiger partial charge in [0.2, 0.25) is 88.6 Å². The summed E-state index contributed by atoms with van der Waals surface area (Å²) in [6, 6.07) is 14.2. The molecule has 1 aliphatic heterocycles. The summed E-state index contributed by atoms with van der Waals surface area (Å²) < 4.78 is 0. The van der Waals surface area contributed by atoms with Gasteiger partial charge in [-0.1, -0.05) is 171 Å². The molecule has 688 valence electrons. The van der Waals surface area contributed by atoms with Gasteiger partial charge in [0.1, 0.15) is 72.5 Å². The molecule has 1 aliphatic rings. The second-order valence-electron chi connectivity index (χ2n) is 33.3. The predicted octanol–water partition coefficient (Wildman–Crippen LogP) is -1.93. The van der Waals surface area contributed by atoms with Crippen LogP contribution in [0.1, 0.15) is 148 Å². The lowest BCUT2D eigenvalue weighted by atomic mass is 9.96. The van der Waals surface area contributed by atoms with Gasteiger partial charge in [0.05, 0.1) is 19.2 Å². The Morgan fingerprint density at radius 2 is 0.952 bits per heavy atom. The molecule has 0 saturated carbocycles. The van der Waals surface area contributed by atoms with E-state index in [1.165, 1.54) is 4.90 Å². The van der Waals surface area contributed by atoms with Crippen LogP contribution in [0.4, 0.5) is 0 Å². The topological polar surface area (TPSA) is 632 Å². The maximum atomic E-state index is 15.3. The third kappa shape index (κ3) is 33.6. The molecule has 28 N–H and O–H groups in total. The normalized spacial score (nSPS) is 16.2. The number of H-pyrrole nitrogens is 1. The lowest BCUT2D eigenvalue weighted by molar-refractivity contribution is -0.143. The fourth-order valence-electron chi connectivity index (χ4n) is 14.5. The Hall–Kier alpha value is -12.4. The SMILES string of the molecule is CC[C@H](C)[C@H](NC(=O)[C@H](CCCNC(=N)N)NC(=O)CNC(=O)[C@H](CC(C)C)NC(=O)[C@H](Cc1ccccc1)NC(=O)[C@H](CCCCN)NC(=O)[C@H](CO)NC(=O)[C@H](Cc1ccccc1)NC(=O)[C@H](Cc1c[nH]c2ccccc12)NC(=O)[C@H](CCC(N)=O)NC(=O)[C@@H]1C[C@H](N)CN1C(=O)[C@@H](NC(=O)[C@@H](N)Cc1ccccc1)C(C)C)C(=O)N[C@@H](CC(C)C)C(N)=O. The van der Waals surface area contributed by atoms with Crippen LogP contribution < -0.4 is 104 Å². The molecule has 0 spiro atoms. The molecule has 2 heterocycles. The van der Waals surface area contributed by atoms with E-state index in [1.54, 1.807) is 145 Å². The molecule has 15 amide bonds. The smallest absolute Gasteiger partial charge is 0.246 e. The lowest BCUT2D eigenvalue weighted by Gasteiger charge is -2.32. The third-order valence-electron chi connectivity index (χ3n) is 21.6. The zero-order chi connectivity index (χ0) is 92.9. The van der Waals surface area contributed by atoms with Crippen molar-refractivity contribution in [3.63, 3.8) is 0 Å². The zero-order valence-corrected chi connectivity index (χ0v) is 73.1. The number of aliphatic hydroxyl groups is 1. The van der Waals surface area contributed by atoms with Crippen molar-refractivity contribution in [1.82, 2.24) is 79.0 Å². The highest BCUT2D eigenvalue weighted by molar-refractivity contribution is 6.01. The number of likely N-dealkylation sites (tertiary alicyclic amines) is 1. The van der Waals surface area contributed by atoms with Crippen LogP contribution in [0.5, 0.6) is 0 Å². The van der Waals surface area contributed by atoms with Crippen molar-refractivity contribution in [2.45, 2.75) is 236 Å². The number of benzene rings is 4.